The maximum atomic E-state index is 13.2. The molecule has 1 aromatic heterocycles. The van der Waals surface area contributed by atoms with Crippen LogP contribution in [0.15, 0.2) is 66.7 Å². The number of nitrogens with one attached hydrogen (secondary N) is 1. The summed E-state index contributed by atoms with van der Waals surface area (Å²) in [6, 6.07) is 23.6. The Hall–Kier alpha value is -4.24. The van der Waals surface area contributed by atoms with Crippen molar-refractivity contribution in [1.29, 1.82) is 0 Å². The second-order valence-electron chi connectivity index (χ2n) is 11.6. The number of likely N-dealkylation sites (tertiary alicyclic amines) is 1. The lowest BCUT2D eigenvalue weighted by Gasteiger charge is -2.26. The molecule has 2 aliphatic heterocycles. The molecule has 0 radical (unpaired) electrons. The van der Waals surface area contributed by atoms with Crippen molar-refractivity contribution in [1.82, 2.24) is 15.1 Å². The predicted molar refractivity (Wildman–Crippen MR) is 162 cm³/mol. The molecule has 3 aliphatic rings. The number of carbonyl (C=O) groups is 2. The van der Waals surface area contributed by atoms with Crippen LogP contribution in [0.25, 0.3) is 23.1 Å². The zero-order valence-electron chi connectivity index (χ0n) is 23.9. The molecule has 1 aliphatic carbocycles. The Morgan fingerprint density at radius 1 is 1.00 bits per heavy atom. The summed E-state index contributed by atoms with van der Waals surface area (Å²) in [7, 11) is 1.89. The first kappa shape index (κ1) is 28.9. The van der Waals surface area contributed by atoms with Crippen LogP contribution in [0.4, 0.5) is 18.9 Å². The van der Waals surface area contributed by atoms with Crippen LogP contribution in [0.2, 0.25) is 0 Å². The Bertz CT molecular complexity index is 1670. The van der Waals surface area contributed by atoms with Crippen LogP contribution in [0.1, 0.15) is 59.5 Å². The standard InChI is InChI=1S/C32H32N4O.C2HF3O/c1-35-30-8-4-3-7-26(30)32(31(35)37)20-27(32)24-14-15-25-28(33-34-29(25)19-24)16-13-22-9-11-23(12-10-22)21-36-17-5-2-6-18-36;3-2(4,5)1-6/h3-4,7-16,19,27H,2,5-6,17-18,20-21H2,1H3,(H,33,34);1H/b16-13+;/t27-,32-;/m0./s1. The van der Waals surface area contributed by atoms with Gasteiger partial charge in [0.05, 0.1) is 16.6 Å². The summed E-state index contributed by atoms with van der Waals surface area (Å²) in [5, 5.41) is 8.91. The first-order chi connectivity index (χ1) is 20.7. The SMILES string of the molecule is CN1C(=O)[C@@]2(C[C@H]2c2ccc3c(/C=C/c4ccc(CN5CCCCC5)cc4)n[nH]c3c2)c2ccccc21.O=CC(F)(F)F. The number of carbonyl (C=O) groups excluding carboxylic acids is 2. The van der Waals surface area contributed by atoms with E-state index < -0.39 is 17.9 Å². The molecule has 2 atom stereocenters. The van der Waals surface area contributed by atoms with Crippen molar-refractivity contribution in [2.75, 3.05) is 25.0 Å². The fourth-order valence-corrected chi connectivity index (χ4v) is 6.55. The van der Waals surface area contributed by atoms with E-state index in [9.17, 15) is 18.0 Å². The number of amides is 1. The van der Waals surface area contributed by atoms with Crippen molar-refractivity contribution in [3.63, 3.8) is 0 Å². The van der Waals surface area contributed by atoms with Gasteiger partial charge in [-0.2, -0.15) is 18.3 Å². The number of fused-ring (bicyclic) bond motifs is 3. The number of rotatable bonds is 5. The molecule has 1 saturated carbocycles. The van der Waals surface area contributed by atoms with Gasteiger partial charge in [0.15, 0.2) is 0 Å². The molecule has 222 valence electrons. The van der Waals surface area contributed by atoms with Crippen LogP contribution in [0.3, 0.4) is 0 Å². The molecular weight excluding hydrogens is 553 g/mol. The fourth-order valence-electron chi connectivity index (χ4n) is 6.55. The number of aromatic nitrogens is 2. The highest BCUT2D eigenvalue weighted by Gasteiger charge is 2.66. The van der Waals surface area contributed by atoms with E-state index in [1.165, 1.54) is 54.6 Å². The van der Waals surface area contributed by atoms with Gasteiger partial charge in [-0.15, -0.1) is 0 Å². The Morgan fingerprint density at radius 2 is 1.72 bits per heavy atom. The Kier molecular flexibility index (Phi) is 7.68. The molecule has 0 unspecified atom stereocenters. The number of anilines is 1. The van der Waals surface area contributed by atoms with E-state index in [4.69, 9.17) is 4.79 Å². The smallest absolute Gasteiger partial charge is 0.314 e. The Balaban J connectivity index is 0.000000501. The summed E-state index contributed by atoms with van der Waals surface area (Å²) in [6.07, 6.45) is 3.41. The van der Waals surface area contributed by atoms with Crippen molar-refractivity contribution >= 4 is 40.9 Å². The van der Waals surface area contributed by atoms with Crippen LogP contribution in [0, 0.1) is 0 Å². The second-order valence-corrected chi connectivity index (χ2v) is 11.6. The van der Waals surface area contributed by atoms with Crippen molar-refractivity contribution in [2.45, 2.75) is 49.7 Å². The largest absolute Gasteiger partial charge is 0.446 e. The zero-order valence-corrected chi connectivity index (χ0v) is 23.9. The molecule has 2 fully saturated rings. The predicted octanol–water partition coefficient (Wildman–Crippen LogP) is 6.87. The highest BCUT2D eigenvalue weighted by atomic mass is 19.4. The summed E-state index contributed by atoms with van der Waals surface area (Å²) in [5.41, 5.74) is 7.53. The van der Waals surface area contributed by atoms with Gasteiger partial charge in [-0.3, -0.25) is 19.6 Å². The number of aromatic amines is 1. The minimum atomic E-state index is -4.64. The monoisotopic (exact) mass is 586 g/mol. The van der Waals surface area contributed by atoms with Gasteiger partial charge in [0.2, 0.25) is 12.2 Å². The molecule has 3 aromatic carbocycles. The molecule has 43 heavy (non-hydrogen) atoms. The molecular formula is C34H33F3N4O2. The summed E-state index contributed by atoms with van der Waals surface area (Å²) in [4.78, 5) is 26.3. The molecule has 6 nitrogen and oxygen atoms in total. The van der Waals surface area contributed by atoms with E-state index >= 15 is 0 Å². The van der Waals surface area contributed by atoms with Gasteiger partial charge in [0.1, 0.15) is 0 Å². The van der Waals surface area contributed by atoms with Gasteiger partial charge >= 0.3 is 6.18 Å². The number of benzene rings is 3. The van der Waals surface area contributed by atoms with E-state index in [0.29, 0.717) is 0 Å². The third-order valence-corrected chi connectivity index (χ3v) is 8.81. The minimum Gasteiger partial charge on any atom is -0.314 e. The van der Waals surface area contributed by atoms with Crippen molar-refractivity contribution in [3.05, 3.63) is 94.7 Å². The van der Waals surface area contributed by atoms with Crippen LogP contribution >= 0.6 is 0 Å². The quantitative estimate of drug-likeness (QED) is 0.259. The maximum absolute atomic E-state index is 13.2. The summed E-state index contributed by atoms with van der Waals surface area (Å²) < 4.78 is 31.2. The average Bonchev–Trinajstić information content (AvgIpc) is 3.60. The molecule has 4 aromatic rings. The van der Waals surface area contributed by atoms with Gasteiger partial charge in [-0.25, -0.2) is 0 Å². The summed E-state index contributed by atoms with van der Waals surface area (Å²) in [5.74, 6) is 0.426. The molecule has 1 amide bonds. The Morgan fingerprint density at radius 3 is 2.44 bits per heavy atom. The normalized spacial score (nSPS) is 21.7. The van der Waals surface area contributed by atoms with Crippen LogP contribution in [0.5, 0.6) is 0 Å². The third-order valence-electron chi connectivity index (χ3n) is 8.81. The van der Waals surface area contributed by atoms with E-state index in [0.717, 1.165) is 35.2 Å². The van der Waals surface area contributed by atoms with Gasteiger partial charge in [-0.05, 0) is 72.8 Å². The lowest BCUT2D eigenvalue weighted by Crippen LogP contribution is -2.29. The molecule has 7 rings (SSSR count). The number of likely N-dealkylation sites (N-methyl/N-ethyl adjacent to an activating group) is 1. The number of piperidine rings is 1. The lowest BCUT2D eigenvalue weighted by molar-refractivity contribution is -0.156. The fraction of sp³-hybridized carbons (Fsp3) is 0.324. The molecule has 9 heteroatoms. The van der Waals surface area contributed by atoms with Gasteiger partial charge < -0.3 is 4.90 Å². The number of alkyl halides is 3. The number of para-hydroxylation sites is 1. The molecule has 3 heterocycles. The molecule has 1 saturated heterocycles. The second kappa shape index (κ2) is 11.4. The summed E-state index contributed by atoms with van der Waals surface area (Å²) in [6.45, 7) is 3.49. The zero-order chi connectivity index (χ0) is 30.2. The Labute approximate surface area is 248 Å². The van der Waals surface area contributed by atoms with Gasteiger partial charge in [-0.1, -0.05) is 67.1 Å². The van der Waals surface area contributed by atoms with Crippen molar-refractivity contribution in [3.8, 4) is 0 Å². The topological polar surface area (TPSA) is 69.3 Å². The first-order valence-corrected chi connectivity index (χ1v) is 14.6. The highest BCUT2D eigenvalue weighted by Crippen LogP contribution is 2.66. The van der Waals surface area contributed by atoms with Crippen LogP contribution in [-0.4, -0.2) is 53.6 Å². The third kappa shape index (κ3) is 5.73. The maximum Gasteiger partial charge on any atom is 0.446 e. The van der Waals surface area contributed by atoms with Crippen LogP contribution in [-0.2, 0) is 21.5 Å². The van der Waals surface area contributed by atoms with Gasteiger partial charge in [0.25, 0.3) is 0 Å². The van der Waals surface area contributed by atoms with Crippen molar-refractivity contribution in [2.24, 2.45) is 0 Å². The number of halogens is 3. The van der Waals surface area contributed by atoms with Crippen molar-refractivity contribution < 1.29 is 22.8 Å². The van der Waals surface area contributed by atoms with E-state index in [2.05, 4.69) is 81.8 Å². The van der Waals surface area contributed by atoms with Crippen LogP contribution < -0.4 is 4.90 Å². The molecule has 0 bridgehead atoms. The lowest BCUT2D eigenvalue weighted by atomic mass is 9.92. The first-order valence-electron chi connectivity index (χ1n) is 14.6. The van der Waals surface area contributed by atoms with Gasteiger partial charge in [0, 0.05) is 30.6 Å². The van der Waals surface area contributed by atoms with E-state index in [1.54, 1.807) is 0 Å². The average molecular weight is 587 g/mol. The molecule has 1 spiro atoms. The highest BCUT2D eigenvalue weighted by molar-refractivity contribution is 6.11. The van der Waals surface area contributed by atoms with E-state index in [-0.39, 0.29) is 11.8 Å². The minimum absolute atomic E-state index is 0.209. The number of H-pyrrole nitrogens is 1. The number of aldehydes is 1. The number of hydrogen-bond donors (Lipinski definition) is 1. The number of hydrogen-bond acceptors (Lipinski definition) is 4. The molecule has 1 N–H and O–H groups in total. The van der Waals surface area contributed by atoms with E-state index in [1.807, 2.05) is 24.1 Å². The number of nitrogens with zero attached hydrogens (tertiary/aromatic N) is 3. The summed E-state index contributed by atoms with van der Waals surface area (Å²) >= 11 is 0.